The number of nitrogens with zero attached hydrogens (tertiary/aromatic N) is 1. The van der Waals surface area contributed by atoms with E-state index in [0.29, 0.717) is 16.5 Å². The van der Waals surface area contributed by atoms with Crippen molar-refractivity contribution >= 4 is 24.3 Å². The number of aromatic nitrogens is 2. The molecule has 0 aliphatic carbocycles. The topological polar surface area (TPSA) is 28.7 Å². The molecule has 0 saturated heterocycles. The van der Waals surface area contributed by atoms with Crippen molar-refractivity contribution in [2.24, 2.45) is 0 Å². The third-order valence-corrected chi connectivity index (χ3v) is 1.55. The van der Waals surface area contributed by atoms with E-state index in [0.717, 1.165) is 0 Å². The summed E-state index contributed by atoms with van der Waals surface area (Å²) in [6.07, 6.45) is 2.92. The van der Waals surface area contributed by atoms with Crippen molar-refractivity contribution < 1.29 is 4.39 Å². The Hall–Kier alpha value is -1.32. The maximum Gasteiger partial charge on any atom is 0.139 e. The van der Waals surface area contributed by atoms with Crippen LogP contribution in [0.3, 0.4) is 0 Å². The maximum absolute atomic E-state index is 12.9. The minimum atomic E-state index is -0.339. The molecule has 0 amide bonds. The van der Waals surface area contributed by atoms with Gasteiger partial charge in [-0.15, -0.1) is 0 Å². The van der Waals surface area contributed by atoms with E-state index in [-0.39, 0.29) is 5.82 Å². The van der Waals surface area contributed by atoms with Crippen LogP contribution in [0, 0.1) is 5.82 Å². The second-order valence-corrected chi connectivity index (χ2v) is 2.26. The minimum Gasteiger partial charge on any atom is -0.347 e. The van der Waals surface area contributed by atoms with Crippen LogP contribution >= 0.6 is 0 Å². The van der Waals surface area contributed by atoms with E-state index >= 15 is 0 Å². The van der Waals surface area contributed by atoms with Crippen LogP contribution in [0.25, 0.3) is 11.0 Å². The molecule has 0 spiro atoms. The predicted octanol–water partition coefficient (Wildman–Crippen LogP) is 0.496. The van der Waals surface area contributed by atoms with Crippen molar-refractivity contribution in [1.29, 1.82) is 0 Å². The summed E-state index contributed by atoms with van der Waals surface area (Å²) in [4.78, 5) is 6.64. The molecule has 0 bridgehead atoms. The molecule has 4 heteroatoms. The first-order valence-corrected chi connectivity index (χ1v) is 3.16. The van der Waals surface area contributed by atoms with E-state index in [1.165, 1.54) is 18.5 Å². The lowest BCUT2D eigenvalue weighted by Gasteiger charge is -1.91. The summed E-state index contributed by atoms with van der Waals surface area (Å²) in [5.41, 5.74) is 0.883. The van der Waals surface area contributed by atoms with Crippen molar-refractivity contribution in [3.63, 3.8) is 0 Å². The second-order valence-electron chi connectivity index (χ2n) is 2.26. The highest BCUT2D eigenvalue weighted by molar-refractivity contribution is 6.38. The van der Waals surface area contributed by atoms with Crippen molar-refractivity contribution in [2.75, 3.05) is 0 Å². The van der Waals surface area contributed by atoms with Crippen molar-refractivity contribution in [3.8, 4) is 0 Å². The van der Waals surface area contributed by atoms with Gasteiger partial charge in [-0.2, -0.15) is 0 Å². The summed E-state index contributed by atoms with van der Waals surface area (Å²) in [6, 6.07) is 1.28. The SMILES string of the molecule is [B]c1c[nH]c2nccc(F)c12. The van der Waals surface area contributed by atoms with E-state index in [1.54, 1.807) is 0 Å². The third-order valence-electron chi connectivity index (χ3n) is 1.55. The highest BCUT2D eigenvalue weighted by Gasteiger charge is 2.03. The number of hydrogen-bond acceptors (Lipinski definition) is 1. The van der Waals surface area contributed by atoms with Crippen molar-refractivity contribution in [1.82, 2.24) is 9.97 Å². The first-order valence-electron chi connectivity index (χ1n) is 3.16. The van der Waals surface area contributed by atoms with E-state index in [4.69, 9.17) is 7.85 Å². The number of halogens is 1. The summed E-state index contributed by atoms with van der Waals surface area (Å²) in [7, 11) is 5.47. The lowest BCUT2D eigenvalue weighted by Crippen LogP contribution is -1.99. The predicted molar refractivity (Wildman–Crippen MR) is 41.4 cm³/mol. The summed E-state index contributed by atoms with van der Waals surface area (Å²) in [5, 5.41) is 0.368. The molecule has 2 aromatic heterocycles. The second kappa shape index (κ2) is 2.08. The van der Waals surface area contributed by atoms with Gasteiger partial charge < -0.3 is 4.98 Å². The minimum absolute atomic E-state index is 0.339. The average molecular weight is 146 g/mol. The van der Waals surface area contributed by atoms with Crippen LogP contribution in [-0.2, 0) is 0 Å². The van der Waals surface area contributed by atoms with Crippen LogP contribution in [0.4, 0.5) is 4.39 Å². The third kappa shape index (κ3) is 0.825. The zero-order chi connectivity index (χ0) is 7.84. The Labute approximate surface area is 63.9 Å². The van der Waals surface area contributed by atoms with Crippen LogP contribution < -0.4 is 5.46 Å². The maximum atomic E-state index is 12.9. The molecule has 0 aliphatic heterocycles. The Morgan fingerprint density at radius 3 is 3.09 bits per heavy atom. The van der Waals surface area contributed by atoms with Gasteiger partial charge >= 0.3 is 0 Å². The lowest BCUT2D eigenvalue weighted by atomic mass is 9.97. The van der Waals surface area contributed by atoms with Crippen molar-refractivity contribution in [3.05, 3.63) is 24.3 Å². The van der Waals surface area contributed by atoms with Gasteiger partial charge in [0.25, 0.3) is 0 Å². The molecule has 0 aliphatic rings. The Morgan fingerprint density at radius 2 is 2.36 bits per heavy atom. The zero-order valence-corrected chi connectivity index (χ0v) is 5.63. The molecule has 0 unspecified atom stereocenters. The molecule has 11 heavy (non-hydrogen) atoms. The summed E-state index contributed by atoms with van der Waals surface area (Å²) in [5.74, 6) is -0.339. The molecule has 0 aromatic carbocycles. The average Bonchev–Trinajstić information content (AvgIpc) is 2.34. The largest absolute Gasteiger partial charge is 0.347 e. The van der Waals surface area contributed by atoms with Gasteiger partial charge in [0, 0.05) is 11.6 Å². The first-order chi connectivity index (χ1) is 5.29. The van der Waals surface area contributed by atoms with E-state index < -0.39 is 0 Å². The summed E-state index contributed by atoms with van der Waals surface area (Å²) in [6.45, 7) is 0. The molecular formula is C7H4BFN2. The molecule has 2 nitrogen and oxygen atoms in total. The van der Waals surface area contributed by atoms with Gasteiger partial charge in [0.2, 0.25) is 0 Å². The van der Waals surface area contributed by atoms with Crippen LogP contribution in [0.5, 0.6) is 0 Å². The molecule has 2 heterocycles. The van der Waals surface area contributed by atoms with Gasteiger partial charge in [-0.1, -0.05) is 5.46 Å². The molecule has 2 aromatic rings. The normalized spacial score (nSPS) is 10.6. The summed E-state index contributed by atoms with van der Waals surface area (Å²) >= 11 is 0. The van der Waals surface area contributed by atoms with Gasteiger partial charge in [-0.25, -0.2) is 9.37 Å². The van der Waals surface area contributed by atoms with E-state index in [2.05, 4.69) is 9.97 Å². The molecule has 2 rings (SSSR count). The number of aromatic amines is 1. The summed E-state index contributed by atoms with van der Waals surface area (Å²) < 4.78 is 12.9. The molecule has 1 N–H and O–H groups in total. The number of nitrogens with one attached hydrogen (secondary N) is 1. The molecule has 0 saturated carbocycles. The van der Waals surface area contributed by atoms with Crippen LogP contribution in [0.2, 0.25) is 0 Å². The van der Waals surface area contributed by atoms with E-state index in [1.807, 2.05) is 0 Å². The van der Waals surface area contributed by atoms with Gasteiger partial charge in [0.05, 0.1) is 0 Å². The molecule has 0 atom stereocenters. The van der Waals surface area contributed by atoms with Crippen LogP contribution in [0.1, 0.15) is 0 Å². The quantitative estimate of drug-likeness (QED) is 0.538. The first kappa shape index (κ1) is 6.40. The standard InChI is InChI=1S/C7H4BFN2/c8-4-3-11-7-6(4)5(9)1-2-10-7/h1-3H,(H,10,11). The van der Waals surface area contributed by atoms with Crippen LogP contribution in [0.15, 0.2) is 18.5 Å². The highest BCUT2D eigenvalue weighted by Crippen LogP contribution is 2.09. The number of fused-ring (bicyclic) bond motifs is 1. The van der Waals surface area contributed by atoms with Gasteiger partial charge in [-0.05, 0) is 12.3 Å². The fourth-order valence-corrected chi connectivity index (χ4v) is 1.04. The number of hydrogen-bond donors (Lipinski definition) is 1. The van der Waals surface area contributed by atoms with Gasteiger partial charge in [0.1, 0.15) is 19.3 Å². The smallest absolute Gasteiger partial charge is 0.139 e. The number of H-pyrrole nitrogens is 1. The highest BCUT2D eigenvalue weighted by atomic mass is 19.1. The molecule has 52 valence electrons. The Morgan fingerprint density at radius 1 is 1.55 bits per heavy atom. The Balaban J connectivity index is 2.96. The monoisotopic (exact) mass is 146 g/mol. The number of pyridine rings is 1. The fraction of sp³-hybridized carbons (Fsp3) is 0. The van der Waals surface area contributed by atoms with E-state index in [9.17, 15) is 4.39 Å². The molecule has 2 radical (unpaired) electrons. The van der Waals surface area contributed by atoms with Gasteiger partial charge in [0.15, 0.2) is 0 Å². The van der Waals surface area contributed by atoms with Gasteiger partial charge in [-0.3, -0.25) is 0 Å². The fourth-order valence-electron chi connectivity index (χ4n) is 1.04. The van der Waals surface area contributed by atoms with Crippen LogP contribution in [-0.4, -0.2) is 17.8 Å². The number of rotatable bonds is 0. The molecular weight excluding hydrogens is 142 g/mol. The molecule has 0 fully saturated rings. The van der Waals surface area contributed by atoms with Crippen molar-refractivity contribution in [2.45, 2.75) is 0 Å². The Bertz CT molecular complexity index is 396. The zero-order valence-electron chi connectivity index (χ0n) is 5.63. The Kier molecular flexibility index (Phi) is 1.21. The lowest BCUT2D eigenvalue weighted by molar-refractivity contribution is 0.639.